The summed E-state index contributed by atoms with van der Waals surface area (Å²) in [6.45, 7) is 3.86. The number of hydrogen-bond acceptors (Lipinski definition) is 3. The van der Waals surface area contributed by atoms with Crippen LogP contribution in [0.1, 0.15) is 30.6 Å². The van der Waals surface area contributed by atoms with Crippen molar-refractivity contribution in [3.8, 4) is 0 Å². The number of carbonyl (C=O) groups excluding carboxylic acids is 1. The summed E-state index contributed by atoms with van der Waals surface area (Å²) in [7, 11) is 3.86. The van der Waals surface area contributed by atoms with Gasteiger partial charge in [-0.3, -0.25) is 4.79 Å². The Bertz CT molecular complexity index is 414. The molecule has 0 aliphatic rings. The molecule has 0 saturated carbocycles. The fourth-order valence-electron chi connectivity index (χ4n) is 1.42. The zero-order chi connectivity index (χ0) is 13.8. The monoisotopic (exact) mass is 250 g/mol. The Morgan fingerprint density at radius 2 is 2.11 bits per heavy atom. The molecule has 1 aromatic rings. The first-order chi connectivity index (χ1) is 8.35. The highest BCUT2D eigenvalue weighted by atomic mass is 16.3. The normalized spacial score (nSPS) is 13.8. The van der Waals surface area contributed by atoms with Crippen molar-refractivity contribution in [3.63, 3.8) is 0 Å². The SMILES string of the molecule is CCC(C)(O)CNC(=O)c1cccc(N(C)C)c1. The van der Waals surface area contributed by atoms with Gasteiger partial charge in [0.25, 0.3) is 5.91 Å². The second kappa shape index (κ2) is 5.87. The molecule has 0 fully saturated rings. The van der Waals surface area contributed by atoms with Crippen LogP contribution in [0.25, 0.3) is 0 Å². The molecule has 2 N–H and O–H groups in total. The van der Waals surface area contributed by atoms with E-state index in [1.165, 1.54) is 0 Å². The Kier molecular flexibility index (Phi) is 4.73. The number of hydrogen-bond donors (Lipinski definition) is 2. The fourth-order valence-corrected chi connectivity index (χ4v) is 1.42. The standard InChI is InChI=1S/C14H22N2O2/c1-5-14(2,18)10-15-13(17)11-7-6-8-12(9-11)16(3)4/h6-9,18H,5,10H2,1-4H3,(H,15,17). The largest absolute Gasteiger partial charge is 0.388 e. The molecule has 100 valence electrons. The van der Waals surface area contributed by atoms with Crippen molar-refractivity contribution in [3.05, 3.63) is 29.8 Å². The van der Waals surface area contributed by atoms with Crippen molar-refractivity contribution in [1.29, 1.82) is 0 Å². The summed E-state index contributed by atoms with van der Waals surface area (Å²) >= 11 is 0. The van der Waals surface area contributed by atoms with Crippen molar-refractivity contribution in [2.45, 2.75) is 25.9 Å². The van der Waals surface area contributed by atoms with Crippen LogP contribution < -0.4 is 10.2 Å². The summed E-state index contributed by atoms with van der Waals surface area (Å²) in [6.07, 6.45) is 0.602. The lowest BCUT2D eigenvalue weighted by atomic mass is 10.0. The Hall–Kier alpha value is -1.55. The number of nitrogens with one attached hydrogen (secondary N) is 1. The molecule has 1 atom stereocenters. The third kappa shape index (κ3) is 4.04. The smallest absolute Gasteiger partial charge is 0.251 e. The third-order valence-corrected chi connectivity index (χ3v) is 3.02. The second-order valence-corrected chi connectivity index (χ2v) is 4.98. The Morgan fingerprint density at radius 3 is 2.67 bits per heavy atom. The molecule has 0 heterocycles. The van der Waals surface area contributed by atoms with Crippen LogP contribution in [-0.4, -0.2) is 37.3 Å². The molecule has 0 radical (unpaired) electrons. The van der Waals surface area contributed by atoms with Gasteiger partial charge < -0.3 is 15.3 Å². The number of rotatable bonds is 5. The molecule has 4 heteroatoms. The first-order valence-corrected chi connectivity index (χ1v) is 6.13. The van der Waals surface area contributed by atoms with Gasteiger partial charge in [-0.25, -0.2) is 0 Å². The summed E-state index contributed by atoms with van der Waals surface area (Å²) in [5.74, 6) is -0.160. The highest BCUT2D eigenvalue weighted by molar-refractivity contribution is 5.95. The van der Waals surface area contributed by atoms with Gasteiger partial charge in [0, 0.05) is 31.9 Å². The minimum atomic E-state index is -0.852. The fraction of sp³-hybridized carbons (Fsp3) is 0.500. The van der Waals surface area contributed by atoms with Crippen LogP contribution >= 0.6 is 0 Å². The van der Waals surface area contributed by atoms with Gasteiger partial charge in [0.15, 0.2) is 0 Å². The lowest BCUT2D eigenvalue weighted by Gasteiger charge is -2.21. The molecule has 0 spiro atoms. The molecule has 1 aromatic carbocycles. The van der Waals surface area contributed by atoms with Crippen LogP contribution in [0.2, 0.25) is 0 Å². The second-order valence-electron chi connectivity index (χ2n) is 4.98. The minimum absolute atomic E-state index is 0.160. The maximum Gasteiger partial charge on any atom is 0.251 e. The first kappa shape index (κ1) is 14.5. The van der Waals surface area contributed by atoms with Gasteiger partial charge in [0.2, 0.25) is 0 Å². The Morgan fingerprint density at radius 1 is 1.44 bits per heavy atom. The Balaban J connectivity index is 2.70. The van der Waals surface area contributed by atoms with Crippen molar-refractivity contribution >= 4 is 11.6 Å². The Labute approximate surface area is 109 Å². The predicted molar refractivity (Wildman–Crippen MR) is 74.0 cm³/mol. The topological polar surface area (TPSA) is 52.6 Å². The van der Waals surface area contributed by atoms with Gasteiger partial charge in [-0.1, -0.05) is 13.0 Å². The van der Waals surface area contributed by atoms with Crippen LogP contribution in [0.15, 0.2) is 24.3 Å². The maximum atomic E-state index is 11.9. The molecule has 0 aromatic heterocycles. The van der Waals surface area contributed by atoms with Crippen molar-refractivity contribution < 1.29 is 9.90 Å². The molecule has 0 saturated heterocycles. The van der Waals surface area contributed by atoms with E-state index in [0.29, 0.717) is 12.0 Å². The van der Waals surface area contributed by atoms with Crippen LogP contribution in [0.4, 0.5) is 5.69 Å². The van der Waals surface area contributed by atoms with E-state index < -0.39 is 5.60 Å². The van der Waals surface area contributed by atoms with Gasteiger partial charge in [0.1, 0.15) is 0 Å². The summed E-state index contributed by atoms with van der Waals surface area (Å²) < 4.78 is 0. The van der Waals surface area contributed by atoms with E-state index >= 15 is 0 Å². The van der Waals surface area contributed by atoms with Crippen LogP contribution in [0.3, 0.4) is 0 Å². The van der Waals surface area contributed by atoms with Crippen LogP contribution in [0, 0.1) is 0 Å². The lowest BCUT2D eigenvalue weighted by molar-refractivity contribution is 0.0518. The molecular formula is C14H22N2O2. The van der Waals surface area contributed by atoms with Gasteiger partial charge in [-0.05, 0) is 31.5 Å². The van der Waals surface area contributed by atoms with E-state index in [2.05, 4.69) is 5.32 Å². The molecule has 18 heavy (non-hydrogen) atoms. The molecule has 1 rings (SSSR count). The van der Waals surface area contributed by atoms with E-state index in [9.17, 15) is 9.90 Å². The average Bonchev–Trinajstić information content (AvgIpc) is 2.36. The molecule has 4 nitrogen and oxygen atoms in total. The van der Waals surface area contributed by atoms with E-state index in [-0.39, 0.29) is 12.5 Å². The number of nitrogens with zero attached hydrogens (tertiary/aromatic N) is 1. The van der Waals surface area contributed by atoms with Crippen LogP contribution in [0.5, 0.6) is 0 Å². The molecule has 1 unspecified atom stereocenters. The highest BCUT2D eigenvalue weighted by Gasteiger charge is 2.18. The number of amides is 1. The van der Waals surface area contributed by atoms with Crippen molar-refractivity contribution in [2.24, 2.45) is 0 Å². The molecule has 0 aliphatic heterocycles. The summed E-state index contributed by atoms with van der Waals surface area (Å²) in [6, 6.07) is 7.39. The molecular weight excluding hydrogens is 228 g/mol. The molecule has 0 bridgehead atoms. The van der Waals surface area contributed by atoms with E-state index in [1.807, 2.05) is 44.1 Å². The van der Waals surface area contributed by atoms with Gasteiger partial charge >= 0.3 is 0 Å². The minimum Gasteiger partial charge on any atom is -0.388 e. The third-order valence-electron chi connectivity index (χ3n) is 3.02. The zero-order valence-corrected chi connectivity index (χ0v) is 11.5. The molecule has 1 amide bonds. The van der Waals surface area contributed by atoms with Gasteiger partial charge in [0.05, 0.1) is 5.60 Å². The highest BCUT2D eigenvalue weighted by Crippen LogP contribution is 2.13. The zero-order valence-electron chi connectivity index (χ0n) is 11.5. The van der Waals surface area contributed by atoms with E-state index in [1.54, 1.807) is 13.0 Å². The first-order valence-electron chi connectivity index (χ1n) is 6.13. The maximum absolute atomic E-state index is 11.9. The lowest BCUT2D eigenvalue weighted by Crippen LogP contribution is -2.40. The quantitative estimate of drug-likeness (QED) is 0.835. The van der Waals surface area contributed by atoms with Gasteiger partial charge in [-0.2, -0.15) is 0 Å². The number of aliphatic hydroxyl groups is 1. The van der Waals surface area contributed by atoms with E-state index in [0.717, 1.165) is 5.69 Å². The average molecular weight is 250 g/mol. The number of benzene rings is 1. The number of anilines is 1. The summed E-state index contributed by atoms with van der Waals surface area (Å²) in [4.78, 5) is 13.9. The number of carbonyl (C=O) groups is 1. The van der Waals surface area contributed by atoms with E-state index in [4.69, 9.17) is 0 Å². The predicted octanol–water partition coefficient (Wildman–Crippen LogP) is 1.64. The van der Waals surface area contributed by atoms with Crippen LogP contribution in [-0.2, 0) is 0 Å². The summed E-state index contributed by atoms with van der Waals surface area (Å²) in [5, 5.41) is 12.6. The summed E-state index contributed by atoms with van der Waals surface area (Å²) in [5.41, 5.74) is 0.729. The molecule has 0 aliphatic carbocycles. The van der Waals surface area contributed by atoms with Crippen molar-refractivity contribution in [1.82, 2.24) is 5.32 Å². The van der Waals surface area contributed by atoms with Gasteiger partial charge in [-0.15, -0.1) is 0 Å². The van der Waals surface area contributed by atoms with Crippen molar-refractivity contribution in [2.75, 3.05) is 25.5 Å².